The van der Waals surface area contributed by atoms with E-state index in [2.05, 4.69) is 90.4 Å². The second kappa shape index (κ2) is 6.70. The Morgan fingerprint density at radius 3 is 1.81 bits per heavy atom. The van der Waals surface area contributed by atoms with E-state index in [0.717, 1.165) is 0 Å². The predicted octanol–water partition coefficient (Wildman–Crippen LogP) is 5.19. The topological polar surface area (TPSA) is 12.0 Å². The average molecular weight is 293 g/mol. The molecule has 1 N–H and O–H groups in total. The third-order valence-corrected chi connectivity index (χ3v) is 4.71. The molecule has 1 atom stereocenters. The Morgan fingerprint density at radius 2 is 1.33 bits per heavy atom. The van der Waals surface area contributed by atoms with E-state index in [-0.39, 0.29) is 6.04 Å². The fourth-order valence-corrected chi connectivity index (χ4v) is 3.29. The summed E-state index contributed by atoms with van der Waals surface area (Å²) in [6.07, 6.45) is 0. The maximum absolute atomic E-state index is 3.76. The van der Waals surface area contributed by atoms with Gasteiger partial charge in [0, 0.05) is 10.9 Å². The van der Waals surface area contributed by atoms with E-state index in [4.69, 9.17) is 0 Å². The van der Waals surface area contributed by atoms with Gasteiger partial charge in [-0.2, -0.15) is 0 Å². The Kier molecular flexibility index (Phi) is 4.49. The quantitative estimate of drug-likeness (QED) is 0.682. The van der Waals surface area contributed by atoms with E-state index in [1.807, 2.05) is 0 Å². The van der Waals surface area contributed by atoms with E-state index in [9.17, 15) is 0 Å². The second-order valence-corrected chi connectivity index (χ2v) is 6.14. The van der Waals surface area contributed by atoms with Crippen molar-refractivity contribution in [2.24, 2.45) is 0 Å². The van der Waals surface area contributed by atoms with Crippen LogP contribution in [0.5, 0.6) is 0 Å². The summed E-state index contributed by atoms with van der Waals surface area (Å²) in [6.45, 7) is 2.23. The normalized spacial score (nSPS) is 12.5. The van der Waals surface area contributed by atoms with Crippen molar-refractivity contribution in [1.82, 2.24) is 5.32 Å². The molecule has 0 radical (unpaired) electrons. The lowest BCUT2D eigenvalue weighted by Gasteiger charge is -2.24. The van der Waals surface area contributed by atoms with E-state index >= 15 is 0 Å². The highest BCUT2D eigenvalue weighted by Crippen LogP contribution is 2.27. The molecular formula is C19H19NS. The fraction of sp³-hybridized carbons (Fsp3) is 0.158. The minimum absolute atomic E-state index is 0.212. The third-order valence-electron chi connectivity index (χ3n) is 3.65. The molecule has 3 rings (SSSR count). The molecule has 0 saturated heterocycles. The molecule has 1 nitrogen and oxygen atoms in total. The lowest BCUT2D eigenvalue weighted by atomic mass is 9.98. The van der Waals surface area contributed by atoms with Crippen LogP contribution in [-0.2, 0) is 0 Å². The van der Waals surface area contributed by atoms with Crippen LogP contribution >= 0.6 is 11.3 Å². The molecule has 0 unspecified atom stereocenters. The van der Waals surface area contributed by atoms with Gasteiger partial charge in [-0.25, -0.2) is 0 Å². The summed E-state index contributed by atoms with van der Waals surface area (Å²) in [5.41, 5.74) is 2.60. The first-order valence-corrected chi connectivity index (χ1v) is 8.12. The summed E-state index contributed by atoms with van der Waals surface area (Å²) in [7, 11) is 0. The number of nitrogens with one attached hydrogen (secondary N) is 1. The Bertz CT molecular complexity index is 607. The summed E-state index contributed by atoms with van der Waals surface area (Å²) < 4.78 is 0. The molecule has 1 heterocycles. The van der Waals surface area contributed by atoms with Gasteiger partial charge in [-0.15, -0.1) is 11.3 Å². The van der Waals surface area contributed by atoms with Crippen LogP contribution in [0.1, 0.15) is 35.0 Å². The van der Waals surface area contributed by atoms with Crippen molar-refractivity contribution >= 4 is 11.3 Å². The van der Waals surface area contributed by atoms with Gasteiger partial charge in [-0.05, 0) is 29.5 Å². The van der Waals surface area contributed by atoms with Gasteiger partial charge in [0.25, 0.3) is 0 Å². The van der Waals surface area contributed by atoms with Crippen molar-refractivity contribution in [1.29, 1.82) is 0 Å². The van der Waals surface area contributed by atoms with Crippen LogP contribution in [0.15, 0.2) is 78.2 Å². The summed E-state index contributed by atoms with van der Waals surface area (Å²) >= 11 is 1.80. The second-order valence-electron chi connectivity index (χ2n) is 5.16. The first-order chi connectivity index (χ1) is 10.3. The molecule has 2 aromatic carbocycles. The van der Waals surface area contributed by atoms with Gasteiger partial charge >= 0.3 is 0 Å². The third kappa shape index (κ3) is 3.41. The van der Waals surface area contributed by atoms with Gasteiger partial charge in [0.05, 0.1) is 6.04 Å². The average Bonchev–Trinajstić information content (AvgIpc) is 3.09. The zero-order valence-corrected chi connectivity index (χ0v) is 12.9. The van der Waals surface area contributed by atoms with Gasteiger partial charge < -0.3 is 0 Å². The lowest BCUT2D eigenvalue weighted by molar-refractivity contribution is 0.522. The molecule has 21 heavy (non-hydrogen) atoms. The molecular weight excluding hydrogens is 274 g/mol. The van der Waals surface area contributed by atoms with Crippen LogP contribution in [0, 0.1) is 0 Å². The Morgan fingerprint density at radius 1 is 0.762 bits per heavy atom. The standard InChI is InChI=1S/C19H19NS/c1-15(18-13-8-14-21-18)20-19(16-9-4-2-5-10-16)17-11-6-3-7-12-17/h2-15,19-20H,1H3/t15-/m1/s1. The molecule has 0 aliphatic carbocycles. The predicted molar refractivity (Wildman–Crippen MR) is 90.6 cm³/mol. The molecule has 106 valence electrons. The molecule has 0 bridgehead atoms. The lowest BCUT2D eigenvalue weighted by Crippen LogP contribution is -2.25. The van der Waals surface area contributed by atoms with Gasteiger partial charge in [-0.3, -0.25) is 5.32 Å². The number of benzene rings is 2. The number of rotatable bonds is 5. The summed E-state index contributed by atoms with van der Waals surface area (Å²) in [4.78, 5) is 1.37. The molecule has 2 heteroatoms. The molecule has 0 aliphatic rings. The molecule has 0 fully saturated rings. The molecule has 0 spiro atoms. The maximum atomic E-state index is 3.76. The van der Waals surface area contributed by atoms with Crippen molar-refractivity contribution in [2.45, 2.75) is 19.0 Å². The number of thiophene rings is 1. The van der Waals surface area contributed by atoms with Crippen LogP contribution in [-0.4, -0.2) is 0 Å². The Balaban J connectivity index is 1.90. The smallest absolute Gasteiger partial charge is 0.0581 e. The van der Waals surface area contributed by atoms with Crippen LogP contribution in [0.3, 0.4) is 0 Å². The van der Waals surface area contributed by atoms with E-state index in [1.54, 1.807) is 11.3 Å². The molecule has 0 saturated carbocycles. The summed E-state index contributed by atoms with van der Waals surface area (Å²) in [6, 6.07) is 26.1. The Hall–Kier alpha value is -1.90. The zero-order chi connectivity index (χ0) is 14.5. The summed E-state index contributed by atoms with van der Waals surface area (Å²) in [5, 5.41) is 5.89. The minimum atomic E-state index is 0.212. The monoisotopic (exact) mass is 293 g/mol. The van der Waals surface area contributed by atoms with E-state index in [1.165, 1.54) is 16.0 Å². The molecule has 0 amide bonds. The first kappa shape index (κ1) is 14.1. The first-order valence-electron chi connectivity index (χ1n) is 7.24. The van der Waals surface area contributed by atoms with Crippen molar-refractivity contribution in [3.05, 3.63) is 94.2 Å². The molecule has 1 aromatic heterocycles. The summed E-state index contributed by atoms with van der Waals surface area (Å²) in [5.74, 6) is 0. The van der Waals surface area contributed by atoms with Gasteiger partial charge in [0.1, 0.15) is 0 Å². The van der Waals surface area contributed by atoms with Crippen LogP contribution in [0.4, 0.5) is 0 Å². The van der Waals surface area contributed by atoms with Gasteiger partial charge in [-0.1, -0.05) is 66.7 Å². The fourth-order valence-electron chi connectivity index (χ4n) is 2.55. The van der Waals surface area contributed by atoms with Crippen molar-refractivity contribution in [3.8, 4) is 0 Å². The van der Waals surface area contributed by atoms with Crippen LogP contribution in [0.25, 0.3) is 0 Å². The Labute approximate surface area is 130 Å². The van der Waals surface area contributed by atoms with E-state index < -0.39 is 0 Å². The highest BCUT2D eigenvalue weighted by molar-refractivity contribution is 7.10. The SMILES string of the molecule is C[C@@H](NC(c1ccccc1)c1ccccc1)c1cccs1. The van der Waals surface area contributed by atoms with Crippen molar-refractivity contribution in [3.63, 3.8) is 0 Å². The maximum Gasteiger partial charge on any atom is 0.0581 e. The van der Waals surface area contributed by atoms with Crippen LogP contribution < -0.4 is 5.32 Å². The zero-order valence-electron chi connectivity index (χ0n) is 12.1. The molecule has 0 aliphatic heterocycles. The highest BCUT2D eigenvalue weighted by Gasteiger charge is 2.17. The largest absolute Gasteiger partial charge is 0.299 e. The number of hydrogen-bond donors (Lipinski definition) is 1. The number of hydrogen-bond acceptors (Lipinski definition) is 2. The van der Waals surface area contributed by atoms with Crippen LogP contribution in [0.2, 0.25) is 0 Å². The van der Waals surface area contributed by atoms with Crippen molar-refractivity contribution in [2.75, 3.05) is 0 Å². The highest BCUT2D eigenvalue weighted by atomic mass is 32.1. The minimum Gasteiger partial charge on any atom is -0.299 e. The van der Waals surface area contributed by atoms with Gasteiger partial charge in [0.15, 0.2) is 0 Å². The van der Waals surface area contributed by atoms with E-state index in [0.29, 0.717) is 6.04 Å². The van der Waals surface area contributed by atoms with Crippen molar-refractivity contribution < 1.29 is 0 Å². The van der Waals surface area contributed by atoms with Gasteiger partial charge in [0.2, 0.25) is 0 Å². The molecule has 3 aromatic rings.